The lowest BCUT2D eigenvalue weighted by Gasteiger charge is -2.30. The maximum Gasteiger partial charge on any atom is 0.225 e. The summed E-state index contributed by atoms with van der Waals surface area (Å²) in [4.78, 5) is 14.6. The molecule has 5 heteroatoms. The van der Waals surface area contributed by atoms with Gasteiger partial charge in [-0.15, -0.1) is 0 Å². The zero-order chi connectivity index (χ0) is 16.4. The van der Waals surface area contributed by atoms with E-state index < -0.39 is 0 Å². The number of halogens is 1. The molecule has 1 aliphatic rings. The lowest BCUT2D eigenvalue weighted by molar-refractivity contribution is -0.136. The SMILES string of the molecule is CCC(CC)C(=O)N1CCc2[nH]nc(-c3cccc(Cl)c3)c2C1. The molecule has 0 unspecified atom stereocenters. The van der Waals surface area contributed by atoms with E-state index in [1.54, 1.807) is 0 Å². The second-order valence-electron chi connectivity index (χ2n) is 6.06. The van der Waals surface area contributed by atoms with Gasteiger partial charge in [-0.25, -0.2) is 0 Å². The predicted octanol–water partition coefficient (Wildman–Crippen LogP) is 4.05. The van der Waals surface area contributed by atoms with Crippen LogP contribution in [0.15, 0.2) is 24.3 Å². The van der Waals surface area contributed by atoms with Crippen molar-refractivity contribution >= 4 is 17.5 Å². The van der Waals surface area contributed by atoms with E-state index in [0.29, 0.717) is 11.6 Å². The molecule has 0 radical (unpaired) electrons. The molecule has 2 heterocycles. The first-order valence-corrected chi connectivity index (χ1v) is 8.62. The van der Waals surface area contributed by atoms with Crippen LogP contribution in [-0.2, 0) is 17.8 Å². The molecule has 3 rings (SSSR count). The summed E-state index contributed by atoms with van der Waals surface area (Å²) in [6.07, 6.45) is 2.62. The fraction of sp³-hybridized carbons (Fsp3) is 0.444. The Morgan fingerprint density at radius 3 is 2.87 bits per heavy atom. The average molecular weight is 332 g/mol. The molecule has 0 aliphatic carbocycles. The zero-order valence-electron chi connectivity index (χ0n) is 13.6. The number of hydrogen-bond donors (Lipinski definition) is 1. The van der Waals surface area contributed by atoms with Gasteiger partial charge < -0.3 is 4.90 Å². The number of rotatable bonds is 4. The lowest BCUT2D eigenvalue weighted by Crippen LogP contribution is -2.39. The number of hydrogen-bond acceptors (Lipinski definition) is 2. The van der Waals surface area contributed by atoms with Gasteiger partial charge in [0.25, 0.3) is 0 Å². The number of amides is 1. The van der Waals surface area contributed by atoms with Gasteiger partial charge in [0.05, 0.1) is 5.69 Å². The number of carbonyl (C=O) groups excluding carboxylic acids is 1. The van der Waals surface area contributed by atoms with Crippen LogP contribution in [0, 0.1) is 5.92 Å². The maximum atomic E-state index is 12.7. The Morgan fingerprint density at radius 1 is 1.39 bits per heavy atom. The monoisotopic (exact) mass is 331 g/mol. The predicted molar refractivity (Wildman–Crippen MR) is 92.2 cm³/mol. The summed E-state index contributed by atoms with van der Waals surface area (Å²) in [6, 6.07) is 7.70. The molecule has 0 saturated carbocycles. The summed E-state index contributed by atoms with van der Waals surface area (Å²) in [6.45, 7) is 5.55. The van der Waals surface area contributed by atoms with Gasteiger partial charge in [0, 0.05) is 47.3 Å². The van der Waals surface area contributed by atoms with E-state index in [1.807, 2.05) is 29.2 Å². The molecule has 0 atom stereocenters. The van der Waals surface area contributed by atoms with Crippen LogP contribution in [0.2, 0.25) is 5.02 Å². The summed E-state index contributed by atoms with van der Waals surface area (Å²) in [5.41, 5.74) is 4.16. The van der Waals surface area contributed by atoms with E-state index in [9.17, 15) is 4.79 Å². The Balaban J connectivity index is 1.88. The van der Waals surface area contributed by atoms with E-state index in [0.717, 1.165) is 48.3 Å². The van der Waals surface area contributed by atoms with Crippen molar-refractivity contribution in [1.82, 2.24) is 15.1 Å². The number of aromatic amines is 1. The molecule has 1 amide bonds. The van der Waals surface area contributed by atoms with Crippen molar-refractivity contribution in [2.45, 2.75) is 39.7 Å². The van der Waals surface area contributed by atoms with Gasteiger partial charge in [-0.3, -0.25) is 9.89 Å². The first-order valence-electron chi connectivity index (χ1n) is 8.24. The van der Waals surface area contributed by atoms with Crippen molar-refractivity contribution in [3.8, 4) is 11.3 Å². The fourth-order valence-corrected chi connectivity index (χ4v) is 3.44. The van der Waals surface area contributed by atoms with E-state index in [4.69, 9.17) is 11.6 Å². The Hall–Kier alpha value is -1.81. The Labute approximate surface area is 141 Å². The number of aromatic nitrogens is 2. The van der Waals surface area contributed by atoms with Crippen LogP contribution in [-0.4, -0.2) is 27.5 Å². The second-order valence-corrected chi connectivity index (χ2v) is 6.50. The summed E-state index contributed by atoms with van der Waals surface area (Å²) in [7, 11) is 0. The number of fused-ring (bicyclic) bond motifs is 1. The molecule has 1 aromatic heterocycles. The third-order valence-corrected chi connectivity index (χ3v) is 4.91. The largest absolute Gasteiger partial charge is 0.338 e. The van der Waals surface area contributed by atoms with Crippen molar-refractivity contribution < 1.29 is 4.79 Å². The quantitative estimate of drug-likeness (QED) is 0.918. The smallest absolute Gasteiger partial charge is 0.225 e. The topological polar surface area (TPSA) is 49.0 Å². The minimum Gasteiger partial charge on any atom is -0.338 e. The summed E-state index contributed by atoms with van der Waals surface area (Å²) >= 11 is 6.10. The Morgan fingerprint density at radius 2 is 2.17 bits per heavy atom. The highest BCUT2D eigenvalue weighted by molar-refractivity contribution is 6.30. The molecular weight excluding hydrogens is 310 g/mol. The molecule has 0 fully saturated rings. The first-order chi connectivity index (χ1) is 11.1. The van der Waals surface area contributed by atoms with Crippen LogP contribution in [0.3, 0.4) is 0 Å². The maximum absolute atomic E-state index is 12.7. The van der Waals surface area contributed by atoms with Gasteiger partial charge in [-0.2, -0.15) is 5.10 Å². The van der Waals surface area contributed by atoms with Crippen molar-refractivity contribution in [2.24, 2.45) is 5.92 Å². The van der Waals surface area contributed by atoms with Gasteiger partial charge in [0.1, 0.15) is 0 Å². The molecule has 23 heavy (non-hydrogen) atoms. The normalized spacial score (nSPS) is 14.2. The van der Waals surface area contributed by atoms with Gasteiger partial charge in [-0.1, -0.05) is 37.6 Å². The summed E-state index contributed by atoms with van der Waals surface area (Å²) < 4.78 is 0. The summed E-state index contributed by atoms with van der Waals surface area (Å²) in [5, 5.41) is 8.29. The number of nitrogens with one attached hydrogen (secondary N) is 1. The van der Waals surface area contributed by atoms with E-state index >= 15 is 0 Å². The molecule has 0 spiro atoms. The Bertz CT molecular complexity index is 706. The highest BCUT2D eigenvalue weighted by Crippen LogP contribution is 2.30. The van der Waals surface area contributed by atoms with E-state index in [1.165, 1.54) is 0 Å². The number of carbonyl (C=O) groups is 1. The van der Waals surface area contributed by atoms with Crippen molar-refractivity contribution in [3.05, 3.63) is 40.5 Å². The van der Waals surface area contributed by atoms with E-state index in [2.05, 4.69) is 24.0 Å². The van der Waals surface area contributed by atoms with Crippen LogP contribution >= 0.6 is 11.6 Å². The van der Waals surface area contributed by atoms with Gasteiger partial charge in [0.15, 0.2) is 0 Å². The molecule has 1 aromatic carbocycles. The highest BCUT2D eigenvalue weighted by Gasteiger charge is 2.28. The van der Waals surface area contributed by atoms with Gasteiger partial charge in [0.2, 0.25) is 5.91 Å². The highest BCUT2D eigenvalue weighted by atomic mass is 35.5. The molecule has 0 bridgehead atoms. The van der Waals surface area contributed by atoms with Crippen molar-refractivity contribution in [1.29, 1.82) is 0 Å². The van der Waals surface area contributed by atoms with Crippen molar-refractivity contribution in [2.75, 3.05) is 6.54 Å². The molecule has 1 aliphatic heterocycles. The van der Waals surface area contributed by atoms with Crippen LogP contribution < -0.4 is 0 Å². The standard InChI is InChI=1S/C18H22ClN3O/c1-3-12(4-2)18(23)22-9-8-16-15(11-22)17(21-20-16)13-6-5-7-14(19)10-13/h5-7,10,12H,3-4,8-9,11H2,1-2H3,(H,20,21). The molecule has 1 N–H and O–H groups in total. The van der Waals surface area contributed by atoms with Crippen LogP contribution in [0.5, 0.6) is 0 Å². The molecule has 2 aromatic rings. The van der Waals surface area contributed by atoms with Gasteiger partial charge >= 0.3 is 0 Å². The van der Waals surface area contributed by atoms with Crippen LogP contribution in [0.25, 0.3) is 11.3 Å². The number of benzene rings is 1. The summed E-state index contributed by atoms with van der Waals surface area (Å²) in [5.74, 6) is 0.386. The Kier molecular flexibility index (Phi) is 4.71. The molecule has 4 nitrogen and oxygen atoms in total. The molecule has 0 saturated heterocycles. The molecule has 122 valence electrons. The fourth-order valence-electron chi connectivity index (χ4n) is 3.25. The minimum atomic E-state index is 0.123. The first kappa shape index (κ1) is 16.1. The zero-order valence-corrected chi connectivity index (χ0v) is 14.4. The average Bonchev–Trinajstić information content (AvgIpc) is 2.99. The van der Waals surface area contributed by atoms with Crippen molar-refractivity contribution in [3.63, 3.8) is 0 Å². The third-order valence-electron chi connectivity index (χ3n) is 4.68. The van der Waals surface area contributed by atoms with Crippen LogP contribution in [0.1, 0.15) is 37.9 Å². The molecular formula is C18H22ClN3O. The van der Waals surface area contributed by atoms with E-state index in [-0.39, 0.29) is 11.8 Å². The van der Waals surface area contributed by atoms with Gasteiger partial charge in [-0.05, 0) is 25.0 Å². The van der Waals surface area contributed by atoms with Crippen LogP contribution in [0.4, 0.5) is 0 Å². The third kappa shape index (κ3) is 3.13. The number of nitrogens with zero attached hydrogens (tertiary/aromatic N) is 2. The second kappa shape index (κ2) is 6.75. The number of H-pyrrole nitrogens is 1. The lowest BCUT2D eigenvalue weighted by atomic mass is 9.97. The minimum absolute atomic E-state index is 0.123.